The van der Waals surface area contributed by atoms with Crippen LogP contribution in [-0.2, 0) is 4.74 Å². The van der Waals surface area contributed by atoms with Crippen LogP contribution in [0.4, 0.5) is 0 Å². The van der Waals surface area contributed by atoms with E-state index in [4.69, 9.17) is 14.8 Å². The third kappa shape index (κ3) is 5.91. The summed E-state index contributed by atoms with van der Waals surface area (Å²) in [5.41, 5.74) is 2.42. The Labute approximate surface area is 214 Å². The average Bonchev–Trinajstić information content (AvgIpc) is 2.92. The lowest BCUT2D eigenvalue weighted by atomic mass is 9.79. The summed E-state index contributed by atoms with van der Waals surface area (Å²) >= 11 is 1.39. The number of fused-ring (bicyclic) bond motifs is 2. The molecule has 5 aromatic rings. The maximum absolute atomic E-state index is 12.2. The summed E-state index contributed by atoms with van der Waals surface area (Å²) in [5.74, 6) is -0.423. The number of hydrogen-bond acceptors (Lipinski definition) is 7. The van der Waals surface area contributed by atoms with E-state index in [1.165, 1.54) is 11.8 Å². The first kappa shape index (κ1) is 25.4. The molecule has 6 nitrogen and oxygen atoms in total. The molecule has 0 bridgehead atoms. The highest BCUT2D eigenvalue weighted by Gasteiger charge is 2.18. The van der Waals surface area contributed by atoms with E-state index in [9.17, 15) is 4.79 Å². The first-order chi connectivity index (χ1) is 17.5. The summed E-state index contributed by atoms with van der Waals surface area (Å²) in [7, 11) is -1.38. The third-order valence-electron chi connectivity index (χ3n) is 5.55. The summed E-state index contributed by atoms with van der Waals surface area (Å²) in [4.78, 5) is 20.9. The Balaban J connectivity index is 0.000000197. The SMILES string of the molecule is CCOC(=O)c1nc(SC)ncc1-c1ccc2ccccc2c1.OB(O)c1ccc2ccccc2c1. The van der Waals surface area contributed by atoms with Crippen molar-refractivity contribution in [1.29, 1.82) is 0 Å². The van der Waals surface area contributed by atoms with Crippen LogP contribution >= 0.6 is 11.8 Å². The number of hydrogen-bond donors (Lipinski definition) is 2. The number of nitrogens with zero attached hydrogens (tertiary/aromatic N) is 2. The van der Waals surface area contributed by atoms with Gasteiger partial charge in [-0.1, -0.05) is 90.6 Å². The first-order valence-electron chi connectivity index (χ1n) is 11.4. The Bertz CT molecular complexity index is 1510. The highest BCUT2D eigenvalue weighted by atomic mass is 32.2. The Morgan fingerprint density at radius 1 is 0.889 bits per heavy atom. The van der Waals surface area contributed by atoms with Gasteiger partial charge in [-0.25, -0.2) is 14.8 Å². The second-order valence-electron chi connectivity index (χ2n) is 7.88. The van der Waals surface area contributed by atoms with Crippen molar-refractivity contribution >= 4 is 51.9 Å². The van der Waals surface area contributed by atoms with Gasteiger partial charge in [0.2, 0.25) is 0 Å². The minimum atomic E-state index is -1.38. The van der Waals surface area contributed by atoms with Gasteiger partial charge in [-0.15, -0.1) is 0 Å². The van der Waals surface area contributed by atoms with E-state index in [1.54, 1.807) is 25.3 Å². The second kappa shape index (κ2) is 11.8. The molecule has 1 aromatic heterocycles. The van der Waals surface area contributed by atoms with Gasteiger partial charge in [0.25, 0.3) is 0 Å². The van der Waals surface area contributed by atoms with Crippen LogP contribution < -0.4 is 5.46 Å². The zero-order valence-corrected chi connectivity index (χ0v) is 20.8. The summed E-state index contributed by atoms with van der Waals surface area (Å²) in [5, 5.41) is 22.8. The summed E-state index contributed by atoms with van der Waals surface area (Å²) in [6.07, 6.45) is 3.56. The number of rotatable bonds is 5. The average molecular weight is 496 g/mol. The van der Waals surface area contributed by atoms with E-state index >= 15 is 0 Å². The minimum absolute atomic E-state index is 0.307. The molecule has 0 atom stereocenters. The normalized spacial score (nSPS) is 10.6. The summed E-state index contributed by atoms with van der Waals surface area (Å²) < 4.78 is 5.14. The number of carbonyl (C=O) groups is 1. The predicted molar refractivity (Wildman–Crippen MR) is 146 cm³/mol. The molecule has 0 amide bonds. The van der Waals surface area contributed by atoms with Crippen LogP contribution in [0.3, 0.4) is 0 Å². The number of benzene rings is 4. The molecule has 0 aliphatic heterocycles. The molecule has 36 heavy (non-hydrogen) atoms. The van der Waals surface area contributed by atoms with Crippen molar-refractivity contribution in [2.45, 2.75) is 12.1 Å². The zero-order chi connectivity index (χ0) is 25.5. The van der Waals surface area contributed by atoms with E-state index in [-0.39, 0.29) is 0 Å². The monoisotopic (exact) mass is 496 g/mol. The molecule has 2 N–H and O–H groups in total. The predicted octanol–water partition coefficient (Wildman–Crippen LogP) is 4.72. The fourth-order valence-corrected chi connectivity index (χ4v) is 4.10. The van der Waals surface area contributed by atoms with Crippen molar-refractivity contribution in [3.63, 3.8) is 0 Å². The highest BCUT2D eigenvalue weighted by Crippen LogP contribution is 2.27. The van der Waals surface area contributed by atoms with Crippen molar-refractivity contribution in [1.82, 2.24) is 9.97 Å². The first-order valence-corrected chi connectivity index (χ1v) is 12.6. The van der Waals surface area contributed by atoms with E-state index in [2.05, 4.69) is 16.0 Å². The number of aromatic nitrogens is 2. The van der Waals surface area contributed by atoms with Crippen LogP contribution in [0.5, 0.6) is 0 Å². The van der Waals surface area contributed by atoms with Crippen LogP contribution in [0, 0.1) is 0 Å². The molecule has 0 radical (unpaired) electrons. The molecule has 0 fully saturated rings. The van der Waals surface area contributed by atoms with Gasteiger partial charge < -0.3 is 14.8 Å². The molecule has 0 aliphatic carbocycles. The van der Waals surface area contributed by atoms with Crippen LogP contribution in [0.15, 0.2) is 96.3 Å². The molecule has 4 aromatic carbocycles. The summed E-state index contributed by atoms with van der Waals surface area (Å²) in [6, 6.07) is 27.3. The van der Waals surface area contributed by atoms with E-state index < -0.39 is 13.1 Å². The Morgan fingerprint density at radius 3 is 2.11 bits per heavy atom. The highest BCUT2D eigenvalue weighted by molar-refractivity contribution is 7.98. The molecule has 0 unspecified atom stereocenters. The molecule has 0 saturated carbocycles. The van der Waals surface area contributed by atoms with Gasteiger partial charge in [0.1, 0.15) is 0 Å². The standard InChI is InChI=1S/C18H16N2O2S.C10H9BO2/c1-3-22-17(21)16-15(11-19-18(20-16)23-2)14-9-8-12-6-4-5-7-13(12)10-14;12-11(13)10-6-5-8-3-1-2-4-9(8)7-10/h4-11H,3H2,1-2H3;1-7,12-13H. The number of ether oxygens (including phenoxy) is 1. The molecule has 0 aliphatic rings. The van der Waals surface area contributed by atoms with Crippen molar-refractivity contribution in [3.05, 3.63) is 96.8 Å². The third-order valence-corrected chi connectivity index (χ3v) is 6.11. The molecule has 0 spiro atoms. The van der Waals surface area contributed by atoms with Crippen LogP contribution in [0.25, 0.3) is 32.7 Å². The maximum atomic E-state index is 12.2. The topological polar surface area (TPSA) is 92.5 Å². The second-order valence-corrected chi connectivity index (χ2v) is 8.66. The van der Waals surface area contributed by atoms with Gasteiger partial charge in [0, 0.05) is 11.8 Å². The largest absolute Gasteiger partial charge is 0.488 e. The zero-order valence-electron chi connectivity index (χ0n) is 20.0. The Morgan fingerprint density at radius 2 is 1.50 bits per heavy atom. The molecule has 180 valence electrons. The van der Waals surface area contributed by atoms with Gasteiger partial charge >= 0.3 is 13.1 Å². The van der Waals surface area contributed by atoms with Gasteiger partial charge in [-0.05, 0) is 51.8 Å². The molecule has 8 heteroatoms. The van der Waals surface area contributed by atoms with Crippen LogP contribution in [0.1, 0.15) is 17.4 Å². The summed E-state index contributed by atoms with van der Waals surface area (Å²) in [6.45, 7) is 2.10. The lowest BCUT2D eigenvalue weighted by molar-refractivity contribution is 0.0519. The van der Waals surface area contributed by atoms with E-state index in [0.717, 1.165) is 27.1 Å². The van der Waals surface area contributed by atoms with Gasteiger partial charge in [0.05, 0.1) is 6.61 Å². The van der Waals surface area contributed by atoms with Crippen LogP contribution in [0.2, 0.25) is 0 Å². The van der Waals surface area contributed by atoms with E-state index in [0.29, 0.717) is 28.5 Å². The molecule has 1 heterocycles. The smallest absolute Gasteiger partial charge is 0.461 e. The molecular weight excluding hydrogens is 471 g/mol. The van der Waals surface area contributed by atoms with Gasteiger partial charge in [-0.3, -0.25) is 0 Å². The minimum Gasteiger partial charge on any atom is -0.461 e. The Kier molecular flexibility index (Phi) is 8.33. The maximum Gasteiger partial charge on any atom is 0.488 e. The Hall–Kier alpha value is -3.72. The fourth-order valence-electron chi connectivity index (χ4n) is 3.76. The van der Waals surface area contributed by atoms with Gasteiger partial charge in [0.15, 0.2) is 10.9 Å². The number of carbonyl (C=O) groups excluding carboxylic acids is 1. The van der Waals surface area contributed by atoms with Crippen molar-refractivity contribution in [2.75, 3.05) is 12.9 Å². The fraction of sp³-hybridized carbons (Fsp3) is 0.107. The van der Waals surface area contributed by atoms with Gasteiger partial charge in [-0.2, -0.15) is 0 Å². The van der Waals surface area contributed by atoms with E-state index in [1.807, 2.05) is 73.0 Å². The molecule has 5 rings (SSSR count). The number of esters is 1. The quantitative estimate of drug-likeness (QED) is 0.158. The van der Waals surface area contributed by atoms with Crippen LogP contribution in [-0.4, -0.2) is 46.0 Å². The van der Waals surface area contributed by atoms with Crippen molar-refractivity contribution in [3.8, 4) is 11.1 Å². The lowest BCUT2D eigenvalue weighted by Gasteiger charge is -2.10. The molecular formula is C28H25BN2O4S. The molecule has 0 saturated heterocycles. The van der Waals surface area contributed by atoms with Crippen molar-refractivity contribution in [2.24, 2.45) is 0 Å². The van der Waals surface area contributed by atoms with Crippen molar-refractivity contribution < 1.29 is 19.6 Å². The number of thioether (sulfide) groups is 1. The lowest BCUT2D eigenvalue weighted by Crippen LogP contribution is -2.29.